The van der Waals surface area contributed by atoms with Gasteiger partial charge in [0, 0.05) is 18.0 Å². The monoisotopic (exact) mass is 269 g/mol. The first-order chi connectivity index (χ1) is 8.50. The Labute approximate surface area is 106 Å². The molecule has 0 aliphatic carbocycles. The van der Waals surface area contributed by atoms with Crippen molar-refractivity contribution >= 4 is 9.84 Å². The van der Waals surface area contributed by atoms with Gasteiger partial charge in [-0.2, -0.15) is 0 Å². The molecule has 6 heteroatoms. The van der Waals surface area contributed by atoms with Gasteiger partial charge in [0.15, 0.2) is 21.3 Å². The van der Waals surface area contributed by atoms with Gasteiger partial charge in [0.2, 0.25) is 0 Å². The molecule has 1 atom stereocenters. The van der Waals surface area contributed by atoms with Gasteiger partial charge in [0.05, 0.1) is 12.9 Å². The summed E-state index contributed by atoms with van der Waals surface area (Å²) in [6.07, 6.45) is 1.64. The number of phenols is 1. The second-order valence-corrected chi connectivity index (χ2v) is 6.08. The largest absolute Gasteiger partial charge is 0.504 e. The van der Waals surface area contributed by atoms with Crippen LogP contribution in [0.3, 0.4) is 0 Å². The first-order valence-electron chi connectivity index (χ1n) is 5.50. The molecule has 2 N–H and O–H groups in total. The van der Waals surface area contributed by atoms with E-state index < -0.39 is 9.84 Å². The van der Waals surface area contributed by atoms with Crippen molar-refractivity contribution in [1.82, 2.24) is 5.32 Å². The first kappa shape index (κ1) is 12.9. The van der Waals surface area contributed by atoms with Gasteiger partial charge in [0.25, 0.3) is 0 Å². The minimum atomic E-state index is -3.03. The van der Waals surface area contributed by atoms with Crippen molar-refractivity contribution in [2.75, 3.05) is 12.9 Å². The quantitative estimate of drug-likeness (QED) is 0.845. The zero-order chi connectivity index (χ0) is 13.2. The topological polar surface area (TPSA) is 75.6 Å². The summed E-state index contributed by atoms with van der Waals surface area (Å²) in [5, 5.41) is 13.9. The minimum Gasteiger partial charge on any atom is -0.504 e. The maximum atomic E-state index is 11.2. The van der Waals surface area contributed by atoms with Crippen molar-refractivity contribution in [3.8, 4) is 11.5 Å². The fourth-order valence-corrected chi connectivity index (χ4v) is 3.07. The fourth-order valence-electron chi connectivity index (χ4n) is 1.80. The van der Waals surface area contributed by atoms with E-state index in [-0.39, 0.29) is 17.5 Å². The number of sulfone groups is 1. The van der Waals surface area contributed by atoms with Crippen LogP contribution in [0.5, 0.6) is 11.5 Å². The van der Waals surface area contributed by atoms with Crippen LogP contribution >= 0.6 is 0 Å². The standard InChI is InChI=1S/C12H15NO4S/c1-17-12-3-2-9(6-11(12)14)7-13-10-4-5-18(15,16)8-10/h2-6,10,13-14H,7-8H2,1H3. The predicted molar refractivity (Wildman–Crippen MR) is 68.2 cm³/mol. The SMILES string of the molecule is COc1ccc(CNC2C=CS(=O)(=O)C2)cc1O. The molecule has 98 valence electrons. The van der Waals surface area contributed by atoms with Gasteiger partial charge in [0.1, 0.15) is 0 Å². The van der Waals surface area contributed by atoms with E-state index in [1.807, 2.05) is 6.07 Å². The van der Waals surface area contributed by atoms with Gasteiger partial charge in [-0.05, 0) is 17.7 Å². The van der Waals surface area contributed by atoms with E-state index in [1.165, 1.54) is 12.5 Å². The zero-order valence-electron chi connectivity index (χ0n) is 9.96. The predicted octanol–water partition coefficient (Wildman–Crippen LogP) is 0.801. The van der Waals surface area contributed by atoms with E-state index in [1.54, 1.807) is 18.2 Å². The molecule has 1 aliphatic heterocycles. The molecule has 1 aromatic carbocycles. The summed E-state index contributed by atoms with van der Waals surface area (Å²) in [7, 11) is -1.54. The van der Waals surface area contributed by atoms with Crippen molar-refractivity contribution in [2.24, 2.45) is 0 Å². The highest BCUT2D eigenvalue weighted by molar-refractivity contribution is 7.94. The van der Waals surface area contributed by atoms with E-state index in [0.717, 1.165) is 5.56 Å². The molecule has 0 fully saturated rings. The Hall–Kier alpha value is -1.53. The Morgan fingerprint density at radius 1 is 1.50 bits per heavy atom. The Morgan fingerprint density at radius 3 is 2.83 bits per heavy atom. The van der Waals surface area contributed by atoms with Crippen LogP contribution in [-0.4, -0.2) is 32.4 Å². The highest BCUT2D eigenvalue weighted by Gasteiger charge is 2.20. The fraction of sp³-hybridized carbons (Fsp3) is 0.333. The summed E-state index contributed by atoms with van der Waals surface area (Å²) in [6.45, 7) is 0.488. The molecule has 2 rings (SSSR count). The summed E-state index contributed by atoms with van der Waals surface area (Å²) in [5.41, 5.74) is 0.867. The van der Waals surface area contributed by atoms with Gasteiger partial charge in [-0.25, -0.2) is 8.42 Å². The summed E-state index contributed by atoms with van der Waals surface area (Å²) in [4.78, 5) is 0. The molecule has 0 saturated carbocycles. The van der Waals surface area contributed by atoms with Crippen LogP contribution in [0.1, 0.15) is 5.56 Å². The van der Waals surface area contributed by atoms with Crippen molar-refractivity contribution < 1.29 is 18.3 Å². The normalized spacial score (nSPS) is 21.1. The number of nitrogens with one attached hydrogen (secondary N) is 1. The number of hydrogen-bond donors (Lipinski definition) is 2. The summed E-state index contributed by atoms with van der Waals surface area (Å²) in [6, 6.07) is 4.92. The van der Waals surface area contributed by atoms with Crippen LogP contribution in [0.25, 0.3) is 0 Å². The number of hydrogen-bond acceptors (Lipinski definition) is 5. The van der Waals surface area contributed by atoms with Crippen LogP contribution in [0.15, 0.2) is 29.7 Å². The van der Waals surface area contributed by atoms with Crippen molar-refractivity contribution in [2.45, 2.75) is 12.6 Å². The molecule has 0 spiro atoms. The molecule has 0 aromatic heterocycles. The van der Waals surface area contributed by atoms with E-state index in [9.17, 15) is 13.5 Å². The van der Waals surface area contributed by atoms with Crippen molar-refractivity contribution in [3.05, 3.63) is 35.2 Å². The molecule has 18 heavy (non-hydrogen) atoms. The minimum absolute atomic E-state index is 0.0754. The molecule has 1 heterocycles. The third kappa shape index (κ3) is 3.02. The van der Waals surface area contributed by atoms with E-state index in [4.69, 9.17) is 4.74 Å². The van der Waals surface area contributed by atoms with Crippen LogP contribution in [0, 0.1) is 0 Å². The van der Waals surface area contributed by atoms with Crippen molar-refractivity contribution in [1.29, 1.82) is 0 Å². The average molecular weight is 269 g/mol. The Morgan fingerprint density at radius 2 is 2.28 bits per heavy atom. The molecule has 0 radical (unpaired) electrons. The molecule has 0 amide bonds. The van der Waals surface area contributed by atoms with E-state index in [0.29, 0.717) is 12.3 Å². The number of phenolic OH excluding ortho intramolecular Hbond substituents is 1. The lowest BCUT2D eigenvalue weighted by Crippen LogP contribution is -2.29. The van der Waals surface area contributed by atoms with Crippen LogP contribution in [0.2, 0.25) is 0 Å². The molecular formula is C12H15NO4S. The molecule has 1 aliphatic rings. The number of ether oxygens (including phenoxy) is 1. The molecule has 0 saturated heterocycles. The number of rotatable bonds is 4. The third-order valence-corrected chi connectivity index (χ3v) is 4.14. The van der Waals surface area contributed by atoms with Gasteiger partial charge >= 0.3 is 0 Å². The number of benzene rings is 1. The molecule has 5 nitrogen and oxygen atoms in total. The Kier molecular flexibility index (Phi) is 3.58. The maximum absolute atomic E-state index is 11.2. The van der Waals surface area contributed by atoms with E-state index in [2.05, 4.69) is 5.32 Å². The Bertz CT molecular complexity index is 565. The maximum Gasteiger partial charge on any atom is 0.173 e. The summed E-state index contributed by atoms with van der Waals surface area (Å²) >= 11 is 0. The van der Waals surface area contributed by atoms with Gasteiger partial charge < -0.3 is 15.2 Å². The van der Waals surface area contributed by atoms with Crippen LogP contribution in [0.4, 0.5) is 0 Å². The lowest BCUT2D eigenvalue weighted by molar-refractivity contribution is 0.373. The van der Waals surface area contributed by atoms with E-state index >= 15 is 0 Å². The lowest BCUT2D eigenvalue weighted by atomic mass is 10.2. The molecule has 0 bridgehead atoms. The average Bonchev–Trinajstić information content (AvgIpc) is 2.66. The summed E-state index contributed by atoms with van der Waals surface area (Å²) in [5.74, 6) is 0.586. The smallest absolute Gasteiger partial charge is 0.173 e. The van der Waals surface area contributed by atoms with Gasteiger partial charge in [-0.3, -0.25) is 0 Å². The molecule has 1 unspecified atom stereocenters. The van der Waals surface area contributed by atoms with Gasteiger partial charge in [-0.15, -0.1) is 0 Å². The zero-order valence-corrected chi connectivity index (χ0v) is 10.8. The lowest BCUT2D eigenvalue weighted by Gasteiger charge is -2.11. The molecule has 1 aromatic rings. The number of aromatic hydroxyl groups is 1. The van der Waals surface area contributed by atoms with Gasteiger partial charge in [-0.1, -0.05) is 12.1 Å². The number of methoxy groups -OCH3 is 1. The summed E-state index contributed by atoms with van der Waals surface area (Å²) < 4.78 is 27.4. The second-order valence-electron chi connectivity index (χ2n) is 4.15. The van der Waals surface area contributed by atoms with Crippen LogP contribution < -0.4 is 10.1 Å². The highest BCUT2D eigenvalue weighted by atomic mass is 32.2. The Balaban J connectivity index is 1.95. The first-order valence-corrected chi connectivity index (χ1v) is 7.22. The highest BCUT2D eigenvalue weighted by Crippen LogP contribution is 2.26. The van der Waals surface area contributed by atoms with Crippen molar-refractivity contribution in [3.63, 3.8) is 0 Å². The second kappa shape index (κ2) is 4.99. The third-order valence-electron chi connectivity index (χ3n) is 2.74. The van der Waals surface area contributed by atoms with Crippen LogP contribution in [-0.2, 0) is 16.4 Å². The molecular weight excluding hydrogens is 254 g/mol.